The number of amides is 1. The first kappa shape index (κ1) is 18.5. The van der Waals surface area contributed by atoms with Gasteiger partial charge in [0.15, 0.2) is 0 Å². The molecule has 1 amide bonds. The number of carbonyl (C=O) groups excluding carboxylic acids is 1. The van der Waals surface area contributed by atoms with E-state index in [9.17, 15) is 18.8 Å². The van der Waals surface area contributed by atoms with E-state index in [0.717, 1.165) is 5.56 Å². The molecular formula is C20H21F2NO3. The first-order valence-corrected chi connectivity index (χ1v) is 8.52. The maximum Gasteiger partial charge on any atom is 0.254 e. The maximum atomic E-state index is 14.0. The monoisotopic (exact) mass is 361 g/mol. The molecule has 2 atom stereocenters. The van der Waals surface area contributed by atoms with Gasteiger partial charge in [-0.1, -0.05) is 24.3 Å². The van der Waals surface area contributed by atoms with Crippen molar-refractivity contribution in [3.63, 3.8) is 0 Å². The highest BCUT2D eigenvalue weighted by Gasteiger charge is 2.48. The van der Waals surface area contributed by atoms with Crippen molar-refractivity contribution < 1.29 is 23.5 Å². The fourth-order valence-corrected chi connectivity index (χ4v) is 3.74. The first-order chi connectivity index (χ1) is 12.5. The Bertz CT molecular complexity index is 794. The van der Waals surface area contributed by atoms with Crippen molar-refractivity contribution >= 4 is 5.91 Å². The molecule has 0 saturated heterocycles. The minimum Gasteiger partial charge on any atom is -0.373 e. The van der Waals surface area contributed by atoms with Crippen molar-refractivity contribution in [2.75, 3.05) is 0 Å². The van der Waals surface area contributed by atoms with Gasteiger partial charge in [0.2, 0.25) is 0 Å². The second kappa shape index (κ2) is 7.51. The average Bonchev–Trinajstić information content (AvgIpc) is 3.08. The molecule has 0 aliphatic heterocycles. The molecule has 138 valence electrons. The largest absolute Gasteiger partial charge is 0.373 e. The molecule has 6 heteroatoms. The molecule has 4 nitrogen and oxygen atoms in total. The molecule has 0 bridgehead atoms. The minimum atomic E-state index is -1.03. The lowest BCUT2D eigenvalue weighted by atomic mass is 9.76. The van der Waals surface area contributed by atoms with E-state index < -0.39 is 11.3 Å². The lowest BCUT2D eigenvalue weighted by molar-refractivity contribution is -0.135. The van der Waals surface area contributed by atoms with Crippen molar-refractivity contribution in [1.29, 1.82) is 0 Å². The Morgan fingerprint density at radius 3 is 2.69 bits per heavy atom. The van der Waals surface area contributed by atoms with Crippen molar-refractivity contribution in [3.05, 3.63) is 70.8 Å². The van der Waals surface area contributed by atoms with Crippen LogP contribution in [0.15, 0.2) is 42.5 Å². The zero-order valence-electron chi connectivity index (χ0n) is 14.5. The highest BCUT2D eigenvalue weighted by Crippen LogP contribution is 2.44. The second-order valence-corrected chi connectivity index (χ2v) is 6.74. The number of hydrogen-bond donors (Lipinski definition) is 2. The van der Waals surface area contributed by atoms with Gasteiger partial charge in [-0.15, -0.1) is 0 Å². The first-order valence-electron chi connectivity index (χ1n) is 8.52. The predicted octanol–water partition coefficient (Wildman–Crippen LogP) is 3.79. The van der Waals surface area contributed by atoms with Gasteiger partial charge in [-0.3, -0.25) is 10.0 Å². The van der Waals surface area contributed by atoms with Crippen LogP contribution in [0.2, 0.25) is 0 Å². The fraction of sp³-hybridized carbons (Fsp3) is 0.350. The van der Waals surface area contributed by atoms with Gasteiger partial charge in [-0.2, -0.15) is 0 Å². The summed E-state index contributed by atoms with van der Waals surface area (Å²) in [6.45, 7) is 1.92. The number of nitrogens with one attached hydrogen (secondary N) is 1. The van der Waals surface area contributed by atoms with E-state index in [1.165, 1.54) is 18.2 Å². The highest BCUT2D eigenvalue weighted by molar-refractivity contribution is 5.88. The summed E-state index contributed by atoms with van der Waals surface area (Å²) in [5, 5.41) is 9.23. The Kier molecular flexibility index (Phi) is 5.34. The lowest BCUT2D eigenvalue weighted by Gasteiger charge is -2.29. The van der Waals surface area contributed by atoms with E-state index in [-0.39, 0.29) is 17.7 Å². The number of rotatable bonds is 5. The molecule has 0 spiro atoms. The molecule has 1 fully saturated rings. The maximum absolute atomic E-state index is 14.0. The van der Waals surface area contributed by atoms with Crippen LogP contribution in [0.25, 0.3) is 0 Å². The van der Waals surface area contributed by atoms with Gasteiger partial charge in [0.1, 0.15) is 11.6 Å². The van der Waals surface area contributed by atoms with Gasteiger partial charge in [-0.25, -0.2) is 14.3 Å². The molecule has 1 saturated carbocycles. The SMILES string of the molecule is Cc1c(F)cccc1[C@]1(C(=O)NO)CCC(OCc2ccc(F)cc2)C1. The number of halogens is 2. The van der Waals surface area contributed by atoms with Crippen LogP contribution in [0.5, 0.6) is 0 Å². The minimum absolute atomic E-state index is 0.222. The summed E-state index contributed by atoms with van der Waals surface area (Å²) >= 11 is 0. The van der Waals surface area contributed by atoms with Crippen LogP contribution in [0, 0.1) is 18.6 Å². The molecule has 1 aliphatic rings. The zero-order valence-corrected chi connectivity index (χ0v) is 14.5. The third-order valence-corrected chi connectivity index (χ3v) is 5.19. The smallest absolute Gasteiger partial charge is 0.254 e. The summed E-state index contributed by atoms with van der Waals surface area (Å²) in [6, 6.07) is 10.7. The molecule has 1 aliphatic carbocycles. The van der Waals surface area contributed by atoms with Crippen LogP contribution in [-0.4, -0.2) is 17.2 Å². The van der Waals surface area contributed by atoms with Gasteiger partial charge < -0.3 is 4.74 Å². The highest BCUT2D eigenvalue weighted by atomic mass is 19.1. The Morgan fingerprint density at radius 2 is 2.00 bits per heavy atom. The molecule has 2 aromatic carbocycles. The van der Waals surface area contributed by atoms with Crippen molar-refractivity contribution in [2.24, 2.45) is 0 Å². The number of carbonyl (C=O) groups is 1. The number of benzene rings is 2. The quantitative estimate of drug-likeness (QED) is 0.629. The van der Waals surface area contributed by atoms with Crippen LogP contribution in [0.1, 0.15) is 36.0 Å². The molecule has 1 unspecified atom stereocenters. The Hall–Kier alpha value is -2.31. The van der Waals surface area contributed by atoms with E-state index in [2.05, 4.69) is 0 Å². The number of hydrogen-bond acceptors (Lipinski definition) is 3. The summed E-state index contributed by atoms with van der Waals surface area (Å²) in [4.78, 5) is 12.5. The molecular weight excluding hydrogens is 340 g/mol. The summed E-state index contributed by atoms with van der Waals surface area (Å²) in [6.07, 6.45) is 1.16. The molecule has 3 rings (SSSR count). The lowest BCUT2D eigenvalue weighted by Crippen LogP contribution is -2.42. The Labute approximate surface area is 150 Å². The van der Waals surface area contributed by atoms with Crippen molar-refractivity contribution in [3.8, 4) is 0 Å². The van der Waals surface area contributed by atoms with Gasteiger partial charge in [-0.05, 0) is 61.1 Å². The van der Waals surface area contributed by atoms with Crippen molar-refractivity contribution in [1.82, 2.24) is 5.48 Å². The summed E-state index contributed by atoms with van der Waals surface area (Å²) in [5.74, 6) is -1.25. The Morgan fingerprint density at radius 1 is 1.27 bits per heavy atom. The van der Waals surface area contributed by atoms with Gasteiger partial charge in [0, 0.05) is 0 Å². The summed E-state index contributed by atoms with van der Waals surface area (Å²) < 4.78 is 32.9. The molecule has 2 aromatic rings. The van der Waals surface area contributed by atoms with E-state index in [4.69, 9.17) is 4.74 Å². The normalized spacial score (nSPS) is 22.4. The Balaban J connectivity index is 1.79. The second-order valence-electron chi connectivity index (χ2n) is 6.74. The van der Waals surface area contributed by atoms with Gasteiger partial charge in [0.05, 0.1) is 18.1 Å². The van der Waals surface area contributed by atoms with Crippen LogP contribution in [0.4, 0.5) is 8.78 Å². The average molecular weight is 361 g/mol. The van der Waals surface area contributed by atoms with E-state index in [1.54, 1.807) is 36.7 Å². The summed E-state index contributed by atoms with van der Waals surface area (Å²) in [7, 11) is 0. The van der Waals surface area contributed by atoms with E-state index in [0.29, 0.717) is 37.0 Å². The van der Waals surface area contributed by atoms with E-state index >= 15 is 0 Å². The molecule has 0 heterocycles. The fourth-order valence-electron chi connectivity index (χ4n) is 3.74. The third kappa shape index (κ3) is 3.48. The standard InChI is InChI=1S/C20H21F2NO3/c1-13-17(3-2-4-18(13)22)20(19(24)23-25)10-9-16(11-20)26-12-14-5-7-15(21)8-6-14/h2-8,16,25H,9-12H2,1H3,(H,23,24)/t16?,20-/m0/s1. The molecule has 2 N–H and O–H groups in total. The van der Waals surface area contributed by atoms with Crippen molar-refractivity contribution in [2.45, 2.75) is 44.3 Å². The molecule has 26 heavy (non-hydrogen) atoms. The van der Waals surface area contributed by atoms with Crippen LogP contribution in [0.3, 0.4) is 0 Å². The zero-order chi connectivity index (χ0) is 18.7. The predicted molar refractivity (Wildman–Crippen MR) is 91.6 cm³/mol. The molecule has 0 radical (unpaired) electrons. The number of hydroxylamine groups is 1. The topological polar surface area (TPSA) is 58.6 Å². The van der Waals surface area contributed by atoms with Crippen LogP contribution < -0.4 is 5.48 Å². The van der Waals surface area contributed by atoms with Gasteiger partial charge in [0.25, 0.3) is 5.91 Å². The number of ether oxygens (including phenoxy) is 1. The molecule has 0 aromatic heterocycles. The van der Waals surface area contributed by atoms with Crippen LogP contribution >= 0.6 is 0 Å². The van der Waals surface area contributed by atoms with Crippen LogP contribution in [-0.2, 0) is 21.6 Å². The third-order valence-electron chi connectivity index (χ3n) is 5.19. The van der Waals surface area contributed by atoms with E-state index in [1.807, 2.05) is 0 Å². The summed E-state index contributed by atoms with van der Waals surface area (Å²) in [5.41, 5.74) is 2.50. The van der Waals surface area contributed by atoms with Gasteiger partial charge >= 0.3 is 0 Å².